The van der Waals surface area contributed by atoms with Crippen LogP contribution in [0.15, 0.2) is 77.9 Å². The molecule has 2 aromatic heterocycles. The predicted octanol–water partition coefficient (Wildman–Crippen LogP) is 3.28. The van der Waals surface area contributed by atoms with Gasteiger partial charge in [0.1, 0.15) is 12.7 Å². The number of carbonyl (C=O) groups is 1. The normalized spacial score (nSPS) is 10.6. The van der Waals surface area contributed by atoms with E-state index in [2.05, 4.69) is 15.1 Å². The van der Waals surface area contributed by atoms with Crippen molar-refractivity contribution in [2.75, 3.05) is 0 Å². The second-order valence-electron chi connectivity index (χ2n) is 5.45. The van der Waals surface area contributed by atoms with E-state index < -0.39 is 5.97 Å². The Morgan fingerprint density at radius 2 is 1.88 bits per heavy atom. The Bertz CT molecular complexity index is 993. The van der Waals surface area contributed by atoms with Gasteiger partial charge in [0.05, 0.1) is 17.4 Å². The number of nitrogens with zero attached hydrogens (tertiary/aromatic N) is 4. The smallest absolute Gasteiger partial charge is 0.338 e. The number of rotatable bonds is 5. The summed E-state index contributed by atoms with van der Waals surface area (Å²) in [5, 5.41) is 4.03. The van der Waals surface area contributed by atoms with Crippen LogP contribution in [0.4, 0.5) is 0 Å². The summed E-state index contributed by atoms with van der Waals surface area (Å²) in [6, 6.07) is 16.5. The molecule has 26 heavy (non-hydrogen) atoms. The molecule has 2 heterocycles. The Hall–Kier alpha value is -3.74. The molecule has 0 atom stereocenters. The molecular weight excluding hydrogens is 332 g/mol. The zero-order valence-corrected chi connectivity index (χ0v) is 13.6. The fourth-order valence-corrected chi connectivity index (χ4v) is 2.42. The van der Waals surface area contributed by atoms with Gasteiger partial charge in [-0.05, 0) is 24.3 Å². The first-order valence-corrected chi connectivity index (χ1v) is 7.92. The maximum absolute atomic E-state index is 12.2. The molecule has 4 aromatic rings. The summed E-state index contributed by atoms with van der Waals surface area (Å²) in [7, 11) is 0. The van der Waals surface area contributed by atoms with E-state index >= 15 is 0 Å². The van der Waals surface area contributed by atoms with Gasteiger partial charge < -0.3 is 9.15 Å². The number of ether oxygens (including phenoxy) is 1. The molecule has 0 spiro atoms. The summed E-state index contributed by atoms with van der Waals surface area (Å²) in [5.74, 6) is 0.528. The van der Waals surface area contributed by atoms with E-state index in [4.69, 9.17) is 9.15 Å². The molecule has 0 N–H and O–H groups in total. The number of hydrogen-bond donors (Lipinski definition) is 0. The summed E-state index contributed by atoms with van der Waals surface area (Å²) in [5.41, 5.74) is 2.16. The van der Waals surface area contributed by atoms with Crippen molar-refractivity contribution >= 4 is 5.97 Å². The van der Waals surface area contributed by atoms with Crippen molar-refractivity contribution in [3.8, 4) is 17.0 Å². The van der Waals surface area contributed by atoms with Crippen LogP contribution in [0.1, 0.15) is 16.2 Å². The molecular formula is C19H14N4O3. The zero-order valence-electron chi connectivity index (χ0n) is 13.6. The fraction of sp³-hybridized carbons (Fsp3) is 0.0526. The maximum Gasteiger partial charge on any atom is 0.338 e. The average molecular weight is 346 g/mol. The average Bonchev–Trinajstić information content (AvgIpc) is 3.39. The van der Waals surface area contributed by atoms with Gasteiger partial charge in [-0.2, -0.15) is 5.10 Å². The zero-order chi connectivity index (χ0) is 17.8. The summed E-state index contributed by atoms with van der Waals surface area (Å²) >= 11 is 0. The number of esters is 1. The summed E-state index contributed by atoms with van der Waals surface area (Å²) < 4.78 is 12.5. The molecule has 0 aliphatic carbocycles. The van der Waals surface area contributed by atoms with Crippen LogP contribution in [0, 0.1) is 0 Å². The molecule has 0 amide bonds. The van der Waals surface area contributed by atoms with Crippen molar-refractivity contribution < 1.29 is 13.9 Å². The number of aromatic nitrogens is 4. The van der Waals surface area contributed by atoms with Crippen LogP contribution in [0.2, 0.25) is 0 Å². The standard InChI is InChI=1S/C19H14N4O3/c24-19(15-6-8-16(9-7-15)23-13-20-12-22-23)25-11-18-21-10-17(26-18)14-4-2-1-3-5-14/h1-10,12-13H,11H2. The lowest BCUT2D eigenvalue weighted by molar-refractivity contribution is 0.0439. The van der Waals surface area contributed by atoms with Crippen molar-refractivity contribution in [2.24, 2.45) is 0 Å². The first-order chi connectivity index (χ1) is 12.8. The van der Waals surface area contributed by atoms with Gasteiger partial charge in [-0.25, -0.2) is 19.4 Å². The second kappa shape index (κ2) is 7.02. The highest BCUT2D eigenvalue weighted by Crippen LogP contribution is 2.20. The van der Waals surface area contributed by atoms with Crippen LogP contribution in [0.3, 0.4) is 0 Å². The van der Waals surface area contributed by atoms with Gasteiger partial charge in [0, 0.05) is 5.56 Å². The maximum atomic E-state index is 12.2. The lowest BCUT2D eigenvalue weighted by Gasteiger charge is -2.04. The van der Waals surface area contributed by atoms with Crippen LogP contribution in [-0.4, -0.2) is 25.7 Å². The number of hydrogen-bond acceptors (Lipinski definition) is 6. The highest BCUT2D eigenvalue weighted by molar-refractivity contribution is 5.89. The molecule has 128 valence electrons. The van der Waals surface area contributed by atoms with Crippen LogP contribution < -0.4 is 0 Å². The lowest BCUT2D eigenvalue weighted by atomic mass is 10.2. The van der Waals surface area contributed by atoms with Gasteiger partial charge in [0.15, 0.2) is 12.4 Å². The van der Waals surface area contributed by atoms with Crippen LogP contribution in [-0.2, 0) is 11.3 Å². The topological polar surface area (TPSA) is 83.0 Å². The van der Waals surface area contributed by atoms with Crippen molar-refractivity contribution in [1.82, 2.24) is 19.7 Å². The Balaban J connectivity index is 1.39. The Labute approximate surface area is 148 Å². The minimum Gasteiger partial charge on any atom is -0.452 e. The summed E-state index contributed by atoms with van der Waals surface area (Å²) in [6.07, 6.45) is 4.65. The van der Waals surface area contributed by atoms with Crippen LogP contribution in [0.5, 0.6) is 0 Å². The van der Waals surface area contributed by atoms with E-state index in [9.17, 15) is 4.79 Å². The van der Waals surface area contributed by atoms with E-state index in [0.29, 0.717) is 17.2 Å². The van der Waals surface area contributed by atoms with Crippen LogP contribution >= 0.6 is 0 Å². The Kier molecular flexibility index (Phi) is 4.26. The van der Waals surface area contributed by atoms with E-state index in [-0.39, 0.29) is 6.61 Å². The molecule has 0 aliphatic rings. The van der Waals surface area contributed by atoms with Gasteiger partial charge in [0.2, 0.25) is 5.89 Å². The molecule has 2 aromatic carbocycles. The number of oxazole rings is 1. The molecule has 7 heteroatoms. The van der Waals surface area contributed by atoms with Crippen molar-refractivity contribution in [3.63, 3.8) is 0 Å². The third-order valence-electron chi connectivity index (χ3n) is 3.72. The van der Waals surface area contributed by atoms with Gasteiger partial charge in [-0.1, -0.05) is 30.3 Å². The molecule has 0 radical (unpaired) electrons. The molecule has 4 rings (SSSR count). The van der Waals surface area contributed by atoms with Crippen LogP contribution in [0.25, 0.3) is 17.0 Å². The number of carbonyl (C=O) groups excluding carboxylic acids is 1. The first kappa shape index (κ1) is 15.8. The van der Waals surface area contributed by atoms with Crippen molar-refractivity contribution in [2.45, 2.75) is 6.61 Å². The quantitative estimate of drug-likeness (QED) is 0.516. The van der Waals surface area contributed by atoms with Gasteiger partial charge in [-0.3, -0.25) is 0 Å². The van der Waals surface area contributed by atoms with Crippen molar-refractivity contribution in [3.05, 3.63) is 84.9 Å². The van der Waals surface area contributed by atoms with E-state index in [1.165, 1.54) is 6.33 Å². The predicted molar refractivity (Wildman–Crippen MR) is 92.4 cm³/mol. The summed E-state index contributed by atoms with van der Waals surface area (Å²) in [4.78, 5) is 20.2. The van der Waals surface area contributed by atoms with E-state index in [0.717, 1.165) is 11.3 Å². The SMILES string of the molecule is O=C(OCc1ncc(-c2ccccc2)o1)c1ccc(-n2cncn2)cc1. The lowest BCUT2D eigenvalue weighted by Crippen LogP contribution is -2.05. The van der Waals surface area contributed by atoms with E-state index in [1.807, 2.05) is 30.3 Å². The third kappa shape index (κ3) is 3.36. The summed E-state index contributed by atoms with van der Waals surface area (Å²) in [6.45, 7) is -0.0313. The van der Waals surface area contributed by atoms with Gasteiger partial charge >= 0.3 is 5.97 Å². The largest absolute Gasteiger partial charge is 0.452 e. The molecule has 0 unspecified atom stereocenters. The third-order valence-corrected chi connectivity index (χ3v) is 3.72. The first-order valence-electron chi connectivity index (χ1n) is 7.92. The molecule has 0 saturated heterocycles. The molecule has 0 aliphatic heterocycles. The highest BCUT2D eigenvalue weighted by atomic mass is 16.5. The minimum absolute atomic E-state index is 0.0313. The fourth-order valence-electron chi connectivity index (χ4n) is 2.42. The van der Waals surface area contributed by atoms with E-state index in [1.54, 1.807) is 41.5 Å². The molecule has 0 fully saturated rings. The van der Waals surface area contributed by atoms with Crippen molar-refractivity contribution in [1.29, 1.82) is 0 Å². The molecule has 0 saturated carbocycles. The molecule has 0 bridgehead atoms. The monoisotopic (exact) mass is 346 g/mol. The Morgan fingerprint density at radius 3 is 2.62 bits per heavy atom. The van der Waals surface area contributed by atoms with Gasteiger partial charge in [-0.15, -0.1) is 0 Å². The Morgan fingerprint density at radius 1 is 1.08 bits per heavy atom. The van der Waals surface area contributed by atoms with Gasteiger partial charge in [0.25, 0.3) is 0 Å². The second-order valence-corrected chi connectivity index (χ2v) is 5.45. The molecule has 7 nitrogen and oxygen atoms in total. The highest BCUT2D eigenvalue weighted by Gasteiger charge is 2.11. The minimum atomic E-state index is -0.449. The number of benzene rings is 2.